The lowest BCUT2D eigenvalue weighted by Crippen LogP contribution is -2.00. The average Bonchev–Trinajstić information content (AvgIpc) is 3.72. The molecule has 0 saturated carbocycles. The van der Waals surface area contributed by atoms with Crippen LogP contribution in [0, 0.1) is 0 Å². The third kappa shape index (κ3) is 4.20. The van der Waals surface area contributed by atoms with Crippen LogP contribution in [0.4, 0.5) is 0 Å². The van der Waals surface area contributed by atoms with E-state index >= 15 is 0 Å². The molecular weight excluding hydrogens is 592 g/mol. The van der Waals surface area contributed by atoms with Crippen molar-refractivity contribution in [3.63, 3.8) is 0 Å². The molecule has 0 spiro atoms. The van der Waals surface area contributed by atoms with Crippen molar-refractivity contribution in [1.82, 2.24) is 19.9 Å². The van der Waals surface area contributed by atoms with E-state index in [-0.39, 0.29) is 0 Å². The van der Waals surface area contributed by atoms with E-state index in [2.05, 4.69) is 71.7 Å². The first-order valence-corrected chi connectivity index (χ1v) is 15.8. The van der Waals surface area contributed by atoms with Gasteiger partial charge in [-0.25, -0.2) is 15.0 Å². The molecule has 0 fully saturated rings. The zero-order valence-corrected chi connectivity index (χ0v) is 25.5. The first kappa shape index (κ1) is 26.5. The van der Waals surface area contributed by atoms with Crippen molar-refractivity contribution in [2.45, 2.75) is 0 Å². The van der Waals surface area contributed by atoms with E-state index < -0.39 is 0 Å². The fourth-order valence-electron chi connectivity index (χ4n) is 6.73. The fourth-order valence-corrected chi connectivity index (χ4v) is 6.73. The summed E-state index contributed by atoms with van der Waals surface area (Å²) in [6.07, 6.45) is 3.54. The van der Waals surface area contributed by atoms with Gasteiger partial charge in [0.2, 0.25) is 0 Å². The summed E-state index contributed by atoms with van der Waals surface area (Å²) in [5, 5.41) is 6.32. The molecule has 0 atom stereocenters. The molecule has 10 rings (SSSR count). The number of hydrogen-bond acceptors (Lipinski definition) is 6. The van der Waals surface area contributed by atoms with Gasteiger partial charge in [-0.15, -0.1) is 0 Å². The number of pyridine rings is 1. The molecule has 6 heteroatoms. The second kappa shape index (κ2) is 10.4. The molecule has 6 nitrogen and oxygen atoms in total. The third-order valence-electron chi connectivity index (χ3n) is 8.99. The quantitative estimate of drug-likeness (QED) is 0.196. The molecule has 0 N–H and O–H groups in total. The number of hydrogen-bond donors (Lipinski definition) is 0. The van der Waals surface area contributed by atoms with Crippen molar-refractivity contribution in [3.8, 4) is 45.3 Å². The Bertz CT molecular complexity index is 2780. The Morgan fingerprint density at radius 2 is 1.10 bits per heavy atom. The van der Waals surface area contributed by atoms with Crippen molar-refractivity contribution in [1.29, 1.82) is 0 Å². The van der Waals surface area contributed by atoms with Crippen LogP contribution in [0.25, 0.3) is 99.9 Å². The molecule has 48 heavy (non-hydrogen) atoms. The Hall–Kier alpha value is -6.66. The summed E-state index contributed by atoms with van der Waals surface area (Å²) in [4.78, 5) is 19.5. The maximum absolute atomic E-state index is 6.63. The van der Waals surface area contributed by atoms with Gasteiger partial charge in [0.1, 0.15) is 16.7 Å². The van der Waals surface area contributed by atoms with Crippen LogP contribution in [0.5, 0.6) is 0 Å². The van der Waals surface area contributed by atoms with Crippen LogP contribution in [0.1, 0.15) is 0 Å². The summed E-state index contributed by atoms with van der Waals surface area (Å²) in [6.45, 7) is 0. The fraction of sp³-hybridized carbons (Fsp3) is 0. The monoisotopic (exact) mass is 616 g/mol. The molecule has 0 saturated heterocycles. The Morgan fingerprint density at radius 1 is 0.417 bits per heavy atom. The Balaban J connectivity index is 1.27. The summed E-state index contributed by atoms with van der Waals surface area (Å²) in [6, 6.07) is 45.2. The SMILES string of the molecule is c1ccc(-c2nc(-c3ccccc3)nc(-c3cc(-c4cccc5c4oc4cc6ccccc6cc45)cc4oc5cnccc5c34)n2)cc1. The van der Waals surface area contributed by atoms with E-state index in [4.69, 9.17) is 23.8 Å². The number of furan rings is 2. The van der Waals surface area contributed by atoms with Gasteiger partial charge in [-0.3, -0.25) is 4.98 Å². The highest BCUT2D eigenvalue weighted by Gasteiger charge is 2.21. The molecular formula is C42H24N4O2. The molecule has 0 aliphatic carbocycles. The largest absolute Gasteiger partial charge is 0.455 e. The zero-order valence-electron chi connectivity index (χ0n) is 25.5. The van der Waals surface area contributed by atoms with E-state index in [9.17, 15) is 0 Å². The molecule has 10 aromatic rings. The Morgan fingerprint density at radius 3 is 1.85 bits per heavy atom. The highest BCUT2D eigenvalue weighted by atomic mass is 16.3. The Labute approximate surface area is 274 Å². The van der Waals surface area contributed by atoms with Crippen LogP contribution in [0.3, 0.4) is 0 Å². The number of para-hydroxylation sites is 1. The highest BCUT2D eigenvalue weighted by molar-refractivity contribution is 6.16. The van der Waals surface area contributed by atoms with E-state index in [1.165, 1.54) is 5.39 Å². The molecule has 0 radical (unpaired) electrons. The van der Waals surface area contributed by atoms with E-state index in [1.54, 1.807) is 12.4 Å². The van der Waals surface area contributed by atoms with Gasteiger partial charge in [-0.05, 0) is 46.7 Å². The first-order valence-electron chi connectivity index (χ1n) is 15.8. The molecule has 0 bridgehead atoms. The summed E-state index contributed by atoms with van der Waals surface area (Å²) in [5.74, 6) is 1.75. The third-order valence-corrected chi connectivity index (χ3v) is 8.99. The lowest BCUT2D eigenvalue weighted by Gasteiger charge is -2.11. The van der Waals surface area contributed by atoms with Crippen molar-refractivity contribution < 1.29 is 8.83 Å². The number of aromatic nitrogens is 4. The van der Waals surface area contributed by atoms with Gasteiger partial charge >= 0.3 is 0 Å². The van der Waals surface area contributed by atoms with E-state index in [0.29, 0.717) is 28.6 Å². The van der Waals surface area contributed by atoms with Gasteiger partial charge in [-0.2, -0.15) is 0 Å². The van der Waals surface area contributed by atoms with Crippen LogP contribution in [-0.2, 0) is 0 Å². The predicted octanol–water partition coefficient (Wildman–Crippen LogP) is 10.9. The zero-order chi connectivity index (χ0) is 31.6. The minimum Gasteiger partial charge on any atom is -0.455 e. The number of fused-ring (bicyclic) bond motifs is 7. The molecule has 0 aliphatic heterocycles. The lowest BCUT2D eigenvalue weighted by molar-refractivity contribution is 0.666. The topological polar surface area (TPSA) is 77.8 Å². The van der Waals surface area contributed by atoms with Crippen LogP contribution < -0.4 is 0 Å². The molecule has 0 aliphatic rings. The normalized spacial score (nSPS) is 11.8. The first-order chi connectivity index (χ1) is 23.8. The molecule has 0 unspecified atom stereocenters. The summed E-state index contributed by atoms with van der Waals surface area (Å²) in [5.41, 5.74) is 7.62. The van der Waals surface area contributed by atoms with Crippen molar-refractivity contribution in [2.24, 2.45) is 0 Å². The second-order valence-electron chi connectivity index (χ2n) is 11.9. The maximum atomic E-state index is 6.63. The smallest absolute Gasteiger partial charge is 0.164 e. The molecule has 4 heterocycles. The van der Waals surface area contributed by atoms with Crippen LogP contribution >= 0.6 is 0 Å². The van der Waals surface area contributed by atoms with Gasteiger partial charge in [0, 0.05) is 50.0 Å². The van der Waals surface area contributed by atoms with Gasteiger partial charge in [-0.1, -0.05) is 103 Å². The second-order valence-corrected chi connectivity index (χ2v) is 11.9. The molecule has 6 aromatic carbocycles. The summed E-state index contributed by atoms with van der Waals surface area (Å²) in [7, 11) is 0. The van der Waals surface area contributed by atoms with Crippen molar-refractivity contribution >= 4 is 54.6 Å². The standard InChI is InChI=1S/C42H24N4O2/c1-3-10-25(11-4-1)40-44-41(26-12-5-2-6-13-26)46-42(45-40)34-21-29(23-36-38(34)32-18-19-43-24-37(32)47-36)30-16-9-17-31-33-20-27-14-7-8-15-28(27)22-35(33)48-39(30)31/h1-24H. The summed E-state index contributed by atoms with van der Waals surface area (Å²) < 4.78 is 13.1. The van der Waals surface area contributed by atoms with Gasteiger partial charge in [0.05, 0.1) is 6.20 Å². The van der Waals surface area contributed by atoms with Crippen molar-refractivity contribution in [3.05, 3.63) is 146 Å². The molecule has 224 valence electrons. The number of nitrogens with zero attached hydrogens (tertiary/aromatic N) is 4. The Kier molecular flexibility index (Phi) is 5.77. The van der Waals surface area contributed by atoms with Crippen molar-refractivity contribution in [2.75, 3.05) is 0 Å². The lowest BCUT2D eigenvalue weighted by atomic mass is 9.96. The van der Waals surface area contributed by atoms with E-state index in [1.807, 2.05) is 66.7 Å². The average molecular weight is 617 g/mol. The number of benzene rings is 6. The van der Waals surface area contributed by atoms with Crippen LogP contribution in [0.2, 0.25) is 0 Å². The minimum atomic E-state index is 0.553. The van der Waals surface area contributed by atoms with Crippen LogP contribution in [0.15, 0.2) is 155 Å². The molecule has 0 amide bonds. The van der Waals surface area contributed by atoms with Gasteiger partial charge in [0.15, 0.2) is 23.1 Å². The summed E-state index contributed by atoms with van der Waals surface area (Å²) >= 11 is 0. The van der Waals surface area contributed by atoms with E-state index in [0.717, 1.165) is 65.9 Å². The number of rotatable bonds is 4. The molecule has 4 aromatic heterocycles. The van der Waals surface area contributed by atoms with Gasteiger partial charge < -0.3 is 8.83 Å². The van der Waals surface area contributed by atoms with Crippen LogP contribution in [-0.4, -0.2) is 19.9 Å². The predicted molar refractivity (Wildman–Crippen MR) is 191 cm³/mol. The minimum absolute atomic E-state index is 0.553. The highest BCUT2D eigenvalue weighted by Crippen LogP contribution is 2.43. The maximum Gasteiger partial charge on any atom is 0.164 e. The van der Waals surface area contributed by atoms with Gasteiger partial charge in [0.25, 0.3) is 0 Å².